The van der Waals surface area contributed by atoms with Crippen molar-refractivity contribution in [2.45, 2.75) is 13.3 Å². The van der Waals surface area contributed by atoms with Gasteiger partial charge in [-0.05, 0) is 24.7 Å². The Bertz CT molecular complexity index is 388. The van der Waals surface area contributed by atoms with Crippen LogP contribution in [0.2, 0.25) is 0 Å². The van der Waals surface area contributed by atoms with Gasteiger partial charge in [0.1, 0.15) is 0 Å². The summed E-state index contributed by atoms with van der Waals surface area (Å²) in [5.74, 6) is 0.782. The van der Waals surface area contributed by atoms with Gasteiger partial charge in [-0.15, -0.1) is 0 Å². The van der Waals surface area contributed by atoms with Crippen LogP contribution in [0.4, 0.5) is 5.69 Å². The van der Waals surface area contributed by atoms with Gasteiger partial charge in [0.25, 0.3) is 5.69 Å². The molecule has 80 valence electrons. The molecule has 1 aromatic carbocycles. The zero-order chi connectivity index (χ0) is 11.3. The molecule has 15 heavy (non-hydrogen) atoms. The highest BCUT2D eigenvalue weighted by molar-refractivity contribution is 7.80. The average molecular weight is 223 g/mol. The summed E-state index contributed by atoms with van der Waals surface area (Å²) < 4.78 is 0. The van der Waals surface area contributed by atoms with Crippen molar-refractivity contribution in [3.63, 3.8) is 0 Å². The first-order valence-corrected chi connectivity index (χ1v) is 5.31. The summed E-state index contributed by atoms with van der Waals surface area (Å²) in [6.07, 6.45) is 4.74. The van der Waals surface area contributed by atoms with Gasteiger partial charge in [-0.1, -0.05) is 24.3 Å². The standard InChI is InChI=1S/C11H13NO2S/c1-9-10(5-2-3-8-15)6-4-7-11(9)12(13)14/h2,4-7,15H,3,8H2,1H3. The lowest BCUT2D eigenvalue weighted by Gasteiger charge is -2.00. The number of hydrogen-bond acceptors (Lipinski definition) is 3. The van der Waals surface area contributed by atoms with E-state index in [1.807, 2.05) is 18.2 Å². The van der Waals surface area contributed by atoms with E-state index in [1.54, 1.807) is 13.0 Å². The van der Waals surface area contributed by atoms with E-state index in [0.717, 1.165) is 17.7 Å². The molecule has 1 aromatic rings. The van der Waals surface area contributed by atoms with Gasteiger partial charge in [0.05, 0.1) is 4.92 Å². The second-order valence-corrected chi connectivity index (χ2v) is 3.61. The first-order valence-electron chi connectivity index (χ1n) is 4.68. The number of benzene rings is 1. The molecule has 0 radical (unpaired) electrons. The highest BCUT2D eigenvalue weighted by Crippen LogP contribution is 2.21. The maximum absolute atomic E-state index is 10.7. The summed E-state index contributed by atoms with van der Waals surface area (Å²) >= 11 is 4.09. The molecule has 3 nitrogen and oxygen atoms in total. The molecule has 0 aliphatic carbocycles. The van der Waals surface area contributed by atoms with E-state index in [1.165, 1.54) is 6.07 Å². The highest BCUT2D eigenvalue weighted by Gasteiger charge is 2.10. The molecule has 0 fully saturated rings. The van der Waals surface area contributed by atoms with Crippen LogP contribution in [0, 0.1) is 17.0 Å². The van der Waals surface area contributed by atoms with Crippen molar-refractivity contribution in [1.29, 1.82) is 0 Å². The molecule has 0 bridgehead atoms. The Morgan fingerprint density at radius 3 is 2.87 bits per heavy atom. The Hall–Kier alpha value is -1.29. The number of thiol groups is 1. The molecule has 0 heterocycles. The van der Waals surface area contributed by atoms with Gasteiger partial charge < -0.3 is 0 Å². The molecule has 0 aliphatic heterocycles. The predicted molar refractivity (Wildman–Crippen MR) is 65.3 cm³/mol. The average Bonchev–Trinajstić information content (AvgIpc) is 2.20. The maximum Gasteiger partial charge on any atom is 0.272 e. The second-order valence-electron chi connectivity index (χ2n) is 3.16. The first kappa shape index (κ1) is 11.8. The highest BCUT2D eigenvalue weighted by atomic mass is 32.1. The predicted octanol–water partition coefficient (Wildman–Crippen LogP) is 3.24. The Labute approximate surface area is 94.4 Å². The SMILES string of the molecule is Cc1c(C=CCCS)cccc1[N+](=O)[O-]. The van der Waals surface area contributed by atoms with Crippen LogP contribution in [0.15, 0.2) is 24.3 Å². The number of allylic oxidation sites excluding steroid dienone is 1. The van der Waals surface area contributed by atoms with E-state index in [-0.39, 0.29) is 10.6 Å². The van der Waals surface area contributed by atoms with E-state index in [0.29, 0.717) is 5.56 Å². The van der Waals surface area contributed by atoms with Gasteiger partial charge >= 0.3 is 0 Å². The Morgan fingerprint density at radius 2 is 2.27 bits per heavy atom. The molecule has 0 N–H and O–H groups in total. The summed E-state index contributed by atoms with van der Waals surface area (Å²) in [6, 6.07) is 5.09. The molecule has 0 aliphatic rings. The fraction of sp³-hybridized carbons (Fsp3) is 0.273. The third-order valence-electron chi connectivity index (χ3n) is 2.14. The van der Waals surface area contributed by atoms with Crippen LogP contribution in [0.3, 0.4) is 0 Å². The van der Waals surface area contributed by atoms with Gasteiger partial charge in [0.15, 0.2) is 0 Å². The van der Waals surface area contributed by atoms with Crippen molar-refractivity contribution in [3.8, 4) is 0 Å². The van der Waals surface area contributed by atoms with Gasteiger partial charge in [-0.25, -0.2) is 0 Å². The van der Waals surface area contributed by atoms with E-state index in [9.17, 15) is 10.1 Å². The molecular weight excluding hydrogens is 210 g/mol. The molecule has 0 unspecified atom stereocenters. The van der Waals surface area contributed by atoms with Crippen LogP contribution in [0.25, 0.3) is 6.08 Å². The molecule has 4 heteroatoms. The third kappa shape index (κ3) is 3.09. The fourth-order valence-corrected chi connectivity index (χ4v) is 1.45. The van der Waals surface area contributed by atoms with Crippen molar-refractivity contribution >= 4 is 24.4 Å². The zero-order valence-corrected chi connectivity index (χ0v) is 9.41. The third-order valence-corrected chi connectivity index (χ3v) is 2.40. The van der Waals surface area contributed by atoms with Crippen LogP contribution in [-0.2, 0) is 0 Å². The number of rotatable bonds is 4. The van der Waals surface area contributed by atoms with Gasteiger partial charge in [0, 0.05) is 11.6 Å². The molecule has 0 spiro atoms. The molecule has 1 rings (SSSR count). The quantitative estimate of drug-likeness (QED) is 0.484. The smallest absolute Gasteiger partial charge is 0.258 e. The van der Waals surface area contributed by atoms with Crippen molar-refractivity contribution in [1.82, 2.24) is 0 Å². The van der Waals surface area contributed by atoms with E-state index < -0.39 is 0 Å². The Balaban J connectivity index is 2.99. The van der Waals surface area contributed by atoms with Crippen LogP contribution >= 0.6 is 12.6 Å². The lowest BCUT2D eigenvalue weighted by atomic mass is 10.1. The molecule has 0 atom stereocenters. The topological polar surface area (TPSA) is 43.1 Å². The van der Waals surface area contributed by atoms with Crippen molar-refractivity contribution in [2.24, 2.45) is 0 Å². The summed E-state index contributed by atoms with van der Waals surface area (Å²) in [7, 11) is 0. The van der Waals surface area contributed by atoms with E-state index in [4.69, 9.17) is 0 Å². The van der Waals surface area contributed by atoms with Crippen LogP contribution < -0.4 is 0 Å². The van der Waals surface area contributed by atoms with Crippen molar-refractivity contribution < 1.29 is 4.92 Å². The summed E-state index contributed by atoms with van der Waals surface area (Å²) in [5.41, 5.74) is 1.77. The van der Waals surface area contributed by atoms with Gasteiger partial charge in [-0.3, -0.25) is 10.1 Å². The molecule has 0 saturated carbocycles. The maximum atomic E-state index is 10.7. The lowest BCUT2D eigenvalue weighted by molar-refractivity contribution is -0.385. The minimum Gasteiger partial charge on any atom is -0.258 e. The zero-order valence-electron chi connectivity index (χ0n) is 8.51. The van der Waals surface area contributed by atoms with Gasteiger partial charge in [0.2, 0.25) is 0 Å². The summed E-state index contributed by atoms with van der Waals surface area (Å²) in [5, 5.41) is 10.7. The molecule has 0 saturated heterocycles. The normalized spacial score (nSPS) is 10.8. The second kappa shape index (κ2) is 5.56. The van der Waals surface area contributed by atoms with Crippen LogP contribution in [-0.4, -0.2) is 10.7 Å². The number of nitrogens with zero attached hydrogens (tertiary/aromatic N) is 1. The summed E-state index contributed by atoms with van der Waals surface area (Å²) in [6.45, 7) is 1.76. The van der Waals surface area contributed by atoms with Gasteiger partial charge in [-0.2, -0.15) is 12.6 Å². The Kier molecular flexibility index (Phi) is 4.37. The first-order chi connectivity index (χ1) is 7.16. The minimum absolute atomic E-state index is 0.169. The minimum atomic E-state index is -0.356. The largest absolute Gasteiger partial charge is 0.272 e. The fourth-order valence-electron chi connectivity index (χ4n) is 1.30. The number of nitro groups is 1. The molecule has 0 amide bonds. The number of hydrogen-bond donors (Lipinski definition) is 1. The lowest BCUT2D eigenvalue weighted by Crippen LogP contribution is -1.93. The van der Waals surface area contributed by atoms with Crippen molar-refractivity contribution in [2.75, 3.05) is 5.75 Å². The summed E-state index contributed by atoms with van der Waals surface area (Å²) in [4.78, 5) is 10.3. The molecule has 0 aromatic heterocycles. The van der Waals surface area contributed by atoms with Crippen molar-refractivity contribution in [3.05, 3.63) is 45.5 Å². The number of nitro benzene ring substituents is 1. The van der Waals surface area contributed by atoms with E-state index >= 15 is 0 Å². The van der Waals surface area contributed by atoms with E-state index in [2.05, 4.69) is 12.6 Å². The van der Waals surface area contributed by atoms with Crippen LogP contribution in [0.5, 0.6) is 0 Å². The van der Waals surface area contributed by atoms with Crippen LogP contribution in [0.1, 0.15) is 17.5 Å². The molecular formula is C11H13NO2S. The monoisotopic (exact) mass is 223 g/mol. The Morgan fingerprint density at radius 1 is 1.53 bits per heavy atom.